The van der Waals surface area contributed by atoms with Crippen LogP contribution >= 0.6 is 15.9 Å². The third-order valence-corrected chi connectivity index (χ3v) is 8.63. The summed E-state index contributed by atoms with van der Waals surface area (Å²) in [6.45, 7) is 6.15. The van der Waals surface area contributed by atoms with Crippen LogP contribution in [0.25, 0.3) is 0 Å². The molecule has 0 saturated carbocycles. The summed E-state index contributed by atoms with van der Waals surface area (Å²) in [6.07, 6.45) is 1.74. The van der Waals surface area contributed by atoms with Crippen molar-refractivity contribution in [2.75, 3.05) is 24.0 Å². The van der Waals surface area contributed by atoms with Gasteiger partial charge in [-0.2, -0.15) is 0 Å². The molecule has 0 unspecified atom stereocenters. The van der Waals surface area contributed by atoms with E-state index in [9.17, 15) is 18.0 Å². The highest BCUT2D eigenvalue weighted by Crippen LogP contribution is 2.26. The van der Waals surface area contributed by atoms with Crippen LogP contribution < -0.4 is 14.4 Å². The number of carbonyl (C=O) groups is 2. The van der Waals surface area contributed by atoms with Crippen LogP contribution in [0, 0.1) is 0 Å². The zero-order valence-corrected chi connectivity index (χ0v) is 25.4. The molecule has 0 aliphatic carbocycles. The second-order valence-electron chi connectivity index (χ2n) is 9.22. The number of hydrogen-bond acceptors (Lipinski definition) is 5. The lowest BCUT2D eigenvalue weighted by molar-refractivity contribution is -0.139. The van der Waals surface area contributed by atoms with Crippen LogP contribution in [0.5, 0.6) is 5.75 Å². The number of carbonyl (C=O) groups excluding carboxylic acids is 2. The van der Waals surface area contributed by atoms with E-state index in [1.165, 1.54) is 17.0 Å². The van der Waals surface area contributed by atoms with Crippen LogP contribution in [0.4, 0.5) is 5.69 Å². The van der Waals surface area contributed by atoms with E-state index in [0.717, 1.165) is 27.2 Å². The van der Waals surface area contributed by atoms with Crippen molar-refractivity contribution in [2.24, 2.45) is 0 Å². The number of sulfonamides is 1. The summed E-state index contributed by atoms with van der Waals surface area (Å²) < 4.78 is 35.2. The fourth-order valence-corrected chi connectivity index (χ4v) is 5.71. The lowest BCUT2D eigenvalue weighted by Crippen LogP contribution is -2.51. The van der Waals surface area contributed by atoms with Crippen molar-refractivity contribution < 1.29 is 22.7 Å². The SMILES string of the molecule is CCCCNC(=O)[C@H](C)N(Cc1ccc(Br)cc1)C(=O)CN(c1ccccc1)S(=O)(=O)c1ccc(OCC)cc1. The number of para-hydroxylation sites is 1. The van der Waals surface area contributed by atoms with Gasteiger partial charge in [0.1, 0.15) is 18.3 Å². The van der Waals surface area contributed by atoms with Gasteiger partial charge in [-0.25, -0.2) is 8.42 Å². The molecular formula is C30H36BrN3O5S. The minimum absolute atomic E-state index is 0.0254. The number of anilines is 1. The third-order valence-electron chi connectivity index (χ3n) is 6.31. The molecule has 3 aromatic rings. The van der Waals surface area contributed by atoms with Gasteiger partial charge in [0.05, 0.1) is 17.2 Å². The van der Waals surface area contributed by atoms with Gasteiger partial charge in [0.2, 0.25) is 11.8 Å². The van der Waals surface area contributed by atoms with E-state index < -0.39 is 28.5 Å². The molecule has 10 heteroatoms. The smallest absolute Gasteiger partial charge is 0.264 e. The second-order valence-corrected chi connectivity index (χ2v) is 12.0. The maximum absolute atomic E-state index is 13.9. The van der Waals surface area contributed by atoms with E-state index in [4.69, 9.17) is 4.74 Å². The lowest BCUT2D eigenvalue weighted by atomic mass is 10.1. The van der Waals surface area contributed by atoms with Gasteiger partial charge >= 0.3 is 0 Å². The molecule has 3 rings (SSSR count). The zero-order valence-electron chi connectivity index (χ0n) is 23.0. The van der Waals surface area contributed by atoms with E-state index in [1.54, 1.807) is 49.4 Å². The Kier molecular flexibility index (Phi) is 11.6. The van der Waals surface area contributed by atoms with Crippen LogP contribution in [0.2, 0.25) is 0 Å². The van der Waals surface area contributed by atoms with Crippen LogP contribution in [-0.4, -0.2) is 50.9 Å². The number of unbranched alkanes of at least 4 members (excludes halogenated alkanes) is 1. The monoisotopic (exact) mass is 629 g/mol. The van der Waals surface area contributed by atoms with Crippen molar-refractivity contribution in [1.82, 2.24) is 10.2 Å². The summed E-state index contributed by atoms with van der Waals surface area (Å²) >= 11 is 3.42. The Morgan fingerprint density at radius 3 is 2.20 bits per heavy atom. The Bertz CT molecular complexity index is 1350. The van der Waals surface area contributed by atoms with Gasteiger partial charge in [-0.15, -0.1) is 0 Å². The zero-order chi connectivity index (χ0) is 29.1. The molecule has 214 valence electrons. The van der Waals surface area contributed by atoms with E-state index in [0.29, 0.717) is 24.6 Å². The van der Waals surface area contributed by atoms with Crippen molar-refractivity contribution in [2.45, 2.75) is 51.1 Å². The van der Waals surface area contributed by atoms with Crippen LogP contribution in [-0.2, 0) is 26.2 Å². The number of nitrogens with one attached hydrogen (secondary N) is 1. The van der Waals surface area contributed by atoms with Crippen molar-refractivity contribution >= 4 is 43.5 Å². The molecule has 0 radical (unpaired) electrons. The standard InChI is InChI=1S/C30H36BrN3O5S/c1-4-6-20-32-30(36)23(3)33(21-24-12-14-25(31)15-13-24)29(35)22-34(26-10-8-7-9-11-26)40(37,38)28-18-16-27(17-19-28)39-5-2/h7-19,23H,4-6,20-22H2,1-3H3,(H,32,36)/t23-/m0/s1. The topological polar surface area (TPSA) is 96.0 Å². The minimum atomic E-state index is -4.13. The van der Waals surface area contributed by atoms with Gasteiger partial charge in [-0.3, -0.25) is 13.9 Å². The van der Waals surface area contributed by atoms with E-state index in [1.807, 2.05) is 38.1 Å². The molecule has 0 saturated heterocycles. The molecule has 0 bridgehead atoms. The lowest BCUT2D eigenvalue weighted by Gasteiger charge is -2.32. The van der Waals surface area contributed by atoms with Crippen molar-refractivity contribution in [1.29, 1.82) is 0 Å². The Hall–Kier alpha value is -3.37. The number of halogens is 1. The summed E-state index contributed by atoms with van der Waals surface area (Å²) in [5.41, 5.74) is 1.15. The number of nitrogens with zero attached hydrogens (tertiary/aromatic N) is 2. The molecule has 0 aromatic heterocycles. The summed E-state index contributed by atoms with van der Waals surface area (Å²) in [7, 11) is -4.13. The van der Waals surface area contributed by atoms with E-state index in [2.05, 4.69) is 21.2 Å². The highest BCUT2D eigenvalue weighted by molar-refractivity contribution is 9.10. The fourth-order valence-electron chi connectivity index (χ4n) is 4.03. The predicted molar refractivity (Wildman–Crippen MR) is 161 cm³/mol. The van der Waals surface area contributed by atoms with Crippen molar-refractivity contribution in [3.63, 3.8) is 0 Å². The molecule has 3 aromatic carbocycles. The Morgan fingerprint density at radius 2 is 1.60 bits per heavy atom. The molecule has 40 heavy (non-hydrogen) atoms. The normalized spacial score (nSPS) is 11.9. The first-order valence-electron chi connectivity index (χ1n) is 13.3. The average Bonchev–Trinajstić information content (AvgIpc) is 2.96. The van der Waals surface area contributed by atoms with Crippen molar-refractivity contribution in [3.8, 4) is 5.75 Å². The highest BCUT2D eigenvalue weighted by Gasteiger charge is 2.32. The Balaban J connectivity index is 1.96. The quantitative estimate of drug-likeness (QED) is 0.242. The summed E-state index contributed by atoms with van der Waals surface area (Å²) in [5.74, 6) is -0.244. The molecule has 1 N–H and O–H groups in total. The van der Waals surface area contributed by atoms with Crippen LogP contribution in [0.15, 0.2) is 88.2 Å². The molecule has 0 fully saturated rings. The minimum Gasteiger partial charge on any atom is -0.494 e. The van der Waals surface area contributed by atoms with Gasteiger partial charge in [0.15, 0.2) is 0 Å². The summed E-state index contributed by atoms with van der Waals surface area (Å²) in [5, 5.41) is 2.89. The number of hydrogen-bond donors (Lipinski definition) is 1. The molecule has 0 heterocycles. The highest BCUT2D eigenvalue weighted by atomic mass is 79.9. The predicted octanol–water partition coefficient (Wildman–Crippen LogP) is 5.38. The molecule has 8 nitrogen and oxygen atoms in total. The Labute approximate surface area is 245 Å². The first-order valence-corrected chi connectivity index (χ1v) is 15.5. The van der Waals surface area contributed by atoms with Gasteiger partial charge in [0.25, 0.3) is 10.0 Å². The van der Waals surface area contributed by atoms with Gasteiger partial charge in [-0.05, 0) is 74.4 Å². The number of benzene rings is 3. The first kappa shape index (κ1) is 31.2. The van der Waals surface area contributed by atoms with Gasteiger partial charge in [-0.1, -0.05) is 59.6 Å². The van der Waals surface area contributed by atoms with Crippen LogP contribution in [0.1, 0.15) is 39.2 Å². The van der Waals surface area contributed by atoms with Crippen LogP contribution in [0.3, 0.4) is 0 Å². The average molecular weight is 631 g/mol. The summed E-state index contributed by atoms with van der Waals surface area (Å²) in [6, 6.07) is 21.2. The van der Waals surface area contributed by atoms with E-state index >= 15 is 0 Å². The molecule has 0 aliphatic rings. The van der Waals surface area contributed by atoms with Gasteiger partial charge in [0, 0.05) is 17.6 Å². The van der Waals surface area contributed by atoms with Crippen molar-refractivity contribution in [3.05, 3.63) is 88.9 Å². The molecule has 2 amide bonds. The largest absolute Gasteiger partial charge is 0.494 e. The third kappa shape index (κ3) is 8.32. The molecule has 0 spiro atoms. The number of amides is 2. The Morgan fingerprint density at radius 1 is 0.950 bits per heavy atom. The molecular weight excluding hydrogens is 594 g/mol. The number of rotatable bonds is 14. The second kappa shape index (κ2) is 14.9. The summed E-state index contributed by atoms with van der Waals surface area (Å²) in [4.78, 5) is 28.4. The molecule has 0 aliphatic heterocycles. The van der Waals surface area contributed by atoms with Gasteiger partial charge < -0.3 is 15.0 Å². The molecule has 1 atom stereocenters. The number of ether oxygens (including phenoxy) is 1. The fraction of sp³-hybridized carbons (Fsp3) is 0.333. The first-order chi connectivity index (χ1) is 19.2. The maximum Gasteiger partial charge on any atom is 0.264 e. The van der Waals surface area contributed by atoms with E-state index in [-0.39, 0.29) is 17.3 Å². The maximum atomic E-state index is 13.9.